The Morgan fingerprint density at radius 3 is 1.54 bits per heavy atom. The van der Waals surface area contributed by atoms with Gasteiger partial charge >= 0.3 is 11.9 Å². The van der Waals surface area contributed by atoms with Gasteiger partial charge < -0.3 is 55.2 Å². The van der Waals surface area contributed by atoms with E-state index < -0.39 is 35.6 Å². The summed E-state index contributed by atoms with van der Waals surface area (Å²) >= 11 is 0. The van der Waals surface area contributed by atoms with Gasteiger partial charge in [-0.2, -0.15) is 0 Å². The first-order valence-electron chi connectivity index (χ1n) is 11.3. The maximum atomic E-state index is 12.3. The van der Waals surface area contributed by atoms with Crippen LogP contribution in [0.5, 0.6) is 23.0 Å². The molecule has 2 aromatic rings. The van der Waals surface area contributed by atoms with Gasteiger partial charge in [-0.05, 0) is 61.4 Å². The fraction of sp³-hybridized carbons (Fsp3) is 0.259. The van der Waals surface area contributed by atoms with Crippen molar-refractivity contribution < 1.29 is 68.7 Å². The Labute approximate surface area is 239 Å². The summed E-state index contributed by atoms with van der Waals surface area (Å²) in [5.41, 5.74) is 10.3. The van der Waals surface area contributed by atoms with Crippen molar-refractivity contribution in [2.45, 2.75) is 32.4 Å². The summed E-state index contributed by atoms with van der Waals surface area (Å²) in [5, 5.41) is 0. The van der Waals surface area contributed by atoms with Gasteiger partial charge in [-0.3, -0.25) is 9.59 Å². The molecule has 5 N–H and O–H groups in total. The number of hydrogen-bond donors (Lipinski definition) is 2. The highest BCUT2D eigenvalue weighted by atomic mass is 35.5. The first-order chi connectivity index (χ1) is 17.5. The average molecular weight is 582 g/mol. The van der Waals surface area contributed by atoms with Crippen molar-refractivity contribution in [2.75, 3.05) is 14.2 Å². The van der Waals surface area contributed by atoms with Gasteiger partial charge in [-0.1, -0.05) is 24.3 Å². The topological polar surface area (TPSA) is 159 Å². The molecule has 0 aliphatic carbocycles. The summed E-state index contributed by atoms with van der Waals surface area (Å²) in [7, 11) is 2.85. The number of hydrogen-bond acceptors (Lipinski definition) is 9. The molecular formula is C27H31Cl2N2O8-. The zero-order valence-electron chi connectivity index (χ0n) is 21.9. The second-order valence-electron chi connectivity index (χ2n) is 8.13. The zero-order valence-corrected chi connectivity index (χ0v) is 23.5. The number of nitrogens with two attached hydrogens (primary N) is 1. The van der Waals surface area contributed by atoms with Gasteiger partial charge in [-0.15, -0.1) is 0 Å². The third-order valence-corrected chi connectivity index (χ3v) is 4.84. The SMILES string of the molecule is COc1cc(/C=C/C(=O)CC(=O)/C=C/c2ccc(OC(=O)C(C)[NH3+])c(OC)c2)ccc1OC(=O)C(C)N.[Cl-].[Cl-]. The van der Waals surface area contributed by atoms with Crippen LogP contribution in [-0.2, 0) is 19.2 Å². The van der Waals surface area contributed by atoms with Crippen LogP contribution in [0.4, 0.5) is 0 Å². The lowest BCUT2D eigenvalue weighted by molar-refractivity contribution is -0.401. The first kappa shape index (κ1) is 35.3. The van der Waals surface area contributed by atoms with Crippen LogP contribution in [0.2, 0.25) is 0 Å². The van der Waals surface area contributed by atoms with Gasteiger partial charge in [0, 0.05) is 0 Å². The molecule has 0 bridgehead atoms. The lowest BCUT2D eigenvalue weighted by Gasteiger charge is -2.11. The highest BCUT2D eigenvalue weighted by Gasteiger charge is 2.17. The molecule has 0 radical (unpaired) electrons. The average Bonchev–Trinajstić information content (AvgIpc) is 2.87. The molecule has 2 rings (SSSR count). The number of ketones is 2. The van der Waals surface area contributed by atoms with E-state index in [-0.39, 0.29) is 42.7 Å². The number of allylic oxidation sites excluding steroid dienone is 2. The summed E-state index contributed by atoms with van der Waals surface area (Å²) in [6.45, 7) is 3.12. The number of quaternary nitrogens is 1. The van der Waals surface area contributed by atoms with E-state index in [4.69, 9.17) is 24.7 Å². The number of ether oxygens (including phenoxy) is 4. The number of carbonyl (C=O) groups is 4. The number of halogens is 2. The fourth-order valence-electron chi connectivity index (χ4n) is 2.82. The molecule has 0 fully saturated rings. The highest BCUT2D eigenvalue weighted by molar-refractivity contribution is 6.10. The molecule has 2 atom stereocenters. The van der Waals surface area contributed by atoms with Crippen LogP contribution < -0.4 is 55.2 Å². The maximum absolute atomic E-state index is 12.3. The monoisotopic (exact) mass is 581 g/mol. The Kier molecular flexibility index (Phi) is 15.4. The molecular weight excluding hydrogens is 551 g/mol. The van der Waals surface area contributed by atoms with Crippen molar-refractivity contribution >= 4 is 35.7 Å². The van der Waals surface area contributed by atoms with E-state index in [0.717, 1.165) is 0 Å². The largest absolute Gasteiger partial charge is 1.00 e. The van der Waals surface area contributed by atoms with E-state index in [0.29, 0.717) is 22.6 Å². The quantitative estimate of drug-likeness (QED) is 0.109. The summed E-state index contributed by atoms with van der Waals surface area (Å²) < 4.78 is 20.9. The van der Waals surface area contributed by atoms with Gasteiger partial charge in [-0.25, -0.2) is 9.59 Å². The molecule has 0 aromatic heterocycles. The Morgan fingerprint density at radius 2 is 1.18 bits per heavy atom. The van der Waals surface area contributed by atoms with E-state index in [9.17, 15) is 19.2 Å². The van der Waals surface area contributed by atoms with Crippen molar-refractivity contribution in [3.63, 3.8) is 0 Å². The summed E-state index contributed by atoms with van der Waals surface area (Å²) in [4.78, 5) is 48.0. The summed E-state index contributed by atoms with van der Waals surface area (Å²) in [5.74, 6) is -0.853. The predicted octanol–water partition coefficient (Wildman–Crippen LogP) is -4.24. The van der Waals surface area contributed by atoms with Crippen molar-refractivity contribution in [2.24, 2.45) is 5.73 Å². The number of carbonyl (C=O) groups excluding carboxylic acids is 4. The lowest BCUT2D eigenvalue weighted by atomic mass is 10.1. The molecule has 2 unspecified atom stereocenters. The minimum Gasteiger partial charge on any atom is -1.00 e. The Morgan fingerprint density at radius 1 is 0.769 bits per heavy atom. The van der Waals surface area contributed by atoms with E-state index >= 15 is 0 Å². The first-order valence-corrected chi connectivity index (χ1v) is 11.3. The van der Waals surface area contributed by atoms with Crippen molar-refractivity contribution in [3.8, 4) is 23.0 Å². The highest BCUT2D eigenvalue weighted by Crippen LogP contribution is 2.30. The van der Waals surface area contributed by atoms with Gasteiger partial charge in [0.15, 0.2) is 40.6 Å². The number of methoxy groups -OCH3 is 2. The van der Waals surface area contributed by atoms with Crippen LogP contribution in [0.1, 0.15) is 31.4 Å². The van der Waals surface area contributed by atoms with Crippen molar-refractivity contribution in [1.82, 2.24) is 0 Å². The zero-order chi connectivity index (χ0) is 27.5. The Balaban J connectivity index is 0.00000722. The smallest absolute Gasteiger partial charge is 0.369 e. The van der Waals surface area contributed by atoms with Crippen LogP contribution >= 0.6 is 0 Å². The molecule has 212 valence electrons. The van der Waals surface area contributed by atoms with Gasteiger partial charge in [0.2, 0.25) is 0 Å². The third-order valence-electron chi connectivity index (χ3n) is 4.84. The Bertz CT molecular complexity index is 1130. The molecule has 0 saturated heterocycles. The normalized spacial score (nSPS) is 12.1. The van der Waals surface area contributed by atoms with E-state index in [2.05, 4.69) is 5.73 Å². The molecule has 0 aliphatic rings. The third kappa shape index (κ3) is 11.3. The van der Waals surface area contributed by atoms with E-state index in [1.54, 1.807) is 37.3 Å². The Hall–Kier alpha value is -3.70. The summed E-state index contributed by atoms with van der Waals surface area (Å²) in [6.07, 6.45) is 5.29. The van der Waals surface area contributed by atoms with Crippen LogP contribution in [0, 0.1) is 0 Å². The lowest BCUT2D eigenvalue weighted by Crippen LogP contribution is -3.00. The van der Waals surface area contributed by atoms with Crippen LogP contribution in [0.3, 0.4) is 0 Å². The molecule has 0 heterocycles. The van der Waals surface area contributed by atoms with E-state index in [1.807, 2.05) is 0 Å². The standard InChI is InChI=1S/C27H30N2O8.2ClH/c1-16(28)26(32)36-22-11-7-18(13-24(22)34-3)5-9-20(30)15-21(31)10-6-19-8-12-23(25(14-19)35-4)37-27(33)17(2)29;;/h5-14,16-17H,15,28-29H2,1-4H3;2*1H/p-1/b9-5+,10-6+;;. The number of rotatable bonds is 12. The predicted molar refractivity (Wildman–Crippen MR) is 136 cm³/mol. The van der Waals surface area contributed by atoms with Gasteiger partial charge in [0.25, 0.3) is 0 Å². The molecule has 0 saturated carbocycles. The molecule has 2 aromatic carbocycles. The second-order valence-corrected chi connectivity index (χ2v) is 8.13. The van der Waals surface area contributed by atoms with Gasteiger partial charge in [0.05, 0.1) is 20.6 Å². The summed E-state index contributed by atoms with van der Waals surface area (Å²) in [6, 6.07) is 8.20. The number of benzene rings is 2. The van der Waals surface area contributed by atoms with Crippen LogP contribution in [0.25, 0.3) is 12.2 Å². The minimum atomic E-state index is -0.790. The van der Waals surface area contributed by atoms with Crippen molar-refractivity contribution in [1.29, 1.82) is 0 Å². The molecule has 12 heteroatoms. The van der Waals surface area contributed by atoms with Gasteiger partial charge in [0.1, 0.15) is 6.04 Å². The number of esters is 2. The van der Waals surface area contributed by atoms with E-state index in [1.165, 1.54) is 51.5 Å². The van der Waals surface area contributed by atoms with Crippen molar-refractivity contribution in [3.05, 3.63) is 59.7 Å². The van der Waals surface area contributed by atoms with Crippen LogP contribution in [0.15, 0.2) is 48.6 Å². The molecule has 0 amide bonds. The molecule has 39 heavy (non-hydrogen) atoms. The molecule has 10 nitrogen and oxygen atoms in total. The molecule has 0 spiro atoms. The maximum Gasteiger partial charge on any atom is 0.369 e. The van der Waals surface area contributed by atoms with Crippen LogP contribution in [-0.4, -0.2) is 49.8 Å². The minimum absolute atomic E-state index is 0. The molecule has 0 aliphatic heterocycles. The second kappa shape index (κ2) is 17.0. The fourth-order valence-corrected chi connectivity index (χ4v) is 2.82.